The number of nitrogen functional groups attached to an aromatic ring is 1. The zero-order valence-electron chi connectivity index (χ0n) is 11.5. The third-order valence-electron chi connectivity index (χ3n) is 3.32. The summed E-state index contributed by atoms with van der Waals surface area (Å²) in [6.45, 7) is 3.58. The number of carbonyl (C=O) groups is 1. The lowest BCUT2D eigenvalue weighted by Crippen LogP contribution is -2.37. The minimum Gasteiger partial charge on any atom is -0.397 e. The van der Waals surface area contributed by atoms with Crippen LogP contribution in [0.5, 0.6) is 0 Å². The van der Waals surface area contributed by atoms with Crippen LogP contribution in [-0.2, 0) is 7.05 Å². The van der Waals surface area contributed by atoms with Crippen LogP contribution in [0.3, 0.4) is 0 Å². The number of fused-ring (bicyclic) bond motifs is 1. The van der Waals surface area contributed by atoms with Gasteiger partial charge in [-0.3, -0.25) is 9.48 Å². The van der Waals surface area contributed by atoms with Crippen LogP contribution >= 0.6 is 11.3 Å². The van der Waals surface area contributed by atoms with Gasteiger partial charge in [0.05, 0.1) is 29.4 Å². The van der Waals surface area contributed by atoms with Crippen LogP contribution in [-0.4, -0.2) is 45.4 Å². The lowest BCUT2D eigenvalue weighted by atomic mass is 10.2. The summed E-state index contributed by atoms with van der Waals surface area (Å²) < 4.78 is 1.73. The molecule has 7 heteroatoms. The molecule has 0 bridgehead atoms. The van der Waals surface area contributed by atoms with E-state index in [2.05, 4.69) is 5.10 Å². The van der Waals surface area contributed by atoms with Gasteiger partial charge < -0.3 is 15.7 Å². The molecule has 2 aromatic rings. The number of amides is 1. The Morgan fingerprint density at radius 1 is 1.63 bits per heavy atom. The number of aryl methyl sites for hydroxylation is 2. The van der Waals surface area contributed by atoms with E-state index in [0.29, 0.717) is 10.6 Å². The third kappa shape index (κ3) is 2.08. The molecule has 2 heterocycles. The Morgan fingerprint density at radius 2 is 2.26 bits per heavy atom. The van der Waals surface area contributed by atoms with Crippen molar-refractivity contribution in [3.63, 3.8) is 0 Å². The number of thiophene rings is 1. The number of aliphatic hydroxyl groups is 1. The van der Waals surface area contributed by atoms with Gasteiger partial charge in [-0.25, -0.2) is 0 Å². The number of carbonyl (C=O) groups excluding carboxylic acids is 1. The highest BCUT2D eigenvalue weighted by atomic mass is 32.1. The fourth-order valence-electron chi connectivity index (χ4n) is 1.97. The van der Waals surface area contributed by atoms with E-state index < -0.39 is 0 Å². The molecule has 2 rings (SSSR count). The monoisotopic (exact) mass is 282 g/mol. The zero-order chi connectivity index (χ0) is 14.3. The quantitative estimate of drug-likeness (QED) is 0.879. The predicted molar refractivity (Wildman–Crippen MR) is 76.4 cm³/mol. The molecule has 1 unspecified atom stereocenters. The minimum atomic E-state index is -0.240. The summed E-state index contributed by atoms with van der Waals surface area (Å²) in [5, 5.41) is 14.3. The van der Waals surface area contributed by atoms with Crippen molar-refractivity contribution in [1.82, 2.24) is 14.7 Å². The van der Waals surface area contributed by atoms with Gasteiger partial charge in [0, 0.05) is 14.1 Å². The second kappa shape index (κ2) is 4.82. The van der Waals surface area contributed by atoms with E-state index >= 15 is 0 Å². The Bertz CT molecular complexity index is 631. The first-order valence-electron chi connectivity index (χ1n) is 5.98. The Morgan fingerprint density at radius 3 is 2.79 bits per heavy atom. The summed E-state index contributed by atoms with van der Waals surface area (Å²) in [5.41, 5.74) is 7.38. The molecular weight excluding hydrogens is 264 g/mol. The van der Waals surface area contributed by atoms with Gasteiger partial charge in [0.2, 0.25) is 0 Å². The number of rotatable bonds is 3. The van der Waals surface area contributed by atoms with Gasteiger partial charge in [0.1, 0.15) is 9.71 Å². The van der Waals surface area contributed by atoms with Crippen molar-refractivity contribution < 1.29 is 9.90 Å². The SMILES string of the molecule is Cc1nn(C)c2sc(C(=O)N(C)C(C)CO)c(N)c12. The number of aliphatic hydroxyl groups excluding tert-OH is 1. The maximum Gasteiger partial charge on any atom is 0.266 e. The third-order valence-corrected chi connectivity index (χ3v) is 4.58. The smallest absolute Gasteiger partial charge is 0.266 e. The fraction of sp³-hybridized carbons (Fsp3) is 0.500. The zero-order valence-corrected chi connectivity index (χ0v) is 12.3. The van der Waals surface area contributed by atoms with E-state index in [9.17, 15) is 4.79 Å². The van der Waals surface area contributed by atoms with Gasteiger partial charge in [-0.2, -0.15) is 5.10 Å². The second-order valence-electron chi connectivity index (χ2n) is 4.68. The first-order valence-corrected chi connectivity index (χ1v) is 6.79. The molecule has 0 radical (unpaired) electrons. The van der Waals surface area contributed by atoms with E-state index in [1.165, 1.54) is 16.2 Å². The molecule has 0 fully saturated rings. The average molecular weight is 282 g/mol. The van der Waals surface area contributed by atoms with Crippen LogP contribution in [0.4, 0.5) is 5.69 Å². The van der Waals surface area contributed by atoms with Crippen molar-refractivity contribution in [1.29, 1.82) is 0 Å². The van der Waals surface area contributed by atoms with Crippen molar-refractivity contribution in [2.45, 2.75) is 19.9 Å². The number of aromatic nitrogens is 2. The Labute approximate surface area is 115 Å². The molecular formula is C12H18N4O2S. The van der Waals surface area contributed by atoms with E-state index in [4.69, 9.17) is 10.8 Å². The molecule has 104 valence electrons. The van der Waals surface area contributed by atoms with Crippen molar-refractivity contribution >= 4 is 33.1 Å². The molecule has 19 heavy (non-hydrogen) atoms. The minimum absolute atomic E-state index is 0.0758. The second-order valence-corrected chi connectivity index (χ2v) is 5.68. The van der Waals surface area contributed by atoms with Crippen LogP contribution in [0.2, 0.25) is 0 Å². The molecule has 1 amide bonds. The predicted octanol–water partition coefficient (Wildman–Crippen LogP) is 0.978. The van der Waals surface area contributed by atoms with Crippen molar-refractivity contribution in [2.75, 3.05) is 19.4 Å². The molecule has 6 nitrogen and oxygen atoms in total. The summed E-state index contributed by atoms with van der Waals surface area (Å²) >= 11 is 1.34. The summed E-state index contributed by atoms with van der Waals surface area (Å²) in [6, 6.07) is -0.240. The van der Waals surface area contributed by atoms with Gasteiger partial charge in [-0.1, -0.05) is 0 Å². The van der Waals surface area contributed by atoms with E-state index in [1.54, 1.807) is 18.7 Å². The topological polar surface area (TPSA) is 84.4 Å². The number of likely N-dealkylation sites (N-methyl/N-ethyl adjacent to an activating group) is 1. The van der Waals surface area contributed by atoms with Gasteiger partial charge in [-0.15, -0.1) is 11.3 Å². The van der Waals surface area contributed by atoms with Gasteiger partial charge in [0.25, 0.3) is 5.91 Å². The first kappa shape index (κ1) is 13.8. The largest absolute Gasteiger partial charge is 0.397 e. The molecule has 0 aliphatic rings. The molecule has 0 saturated carbocycles. The number of hydrogen-bond donors (Lipinski definition) is 2. The maximum atomic E-state index is 12.4. The normalized spacial score (nSPS) is 12.9. The van der Waals surface area contributed by atoms with Crippen molar-refractivity contribution in [2.24, 2.45) is 7.05 Å². The average Bonchev–Trinajstić information content (AvgIpc) is 2.86. The molecule has 3 N–H and O–H groups in total. The molecule has 0 aromatic carbocycles. The van der Waals surface area contributed by atoms with Gasteiger partial charge in [0.15, 0.2) is 0 Å². The Balaban J connectivity index is 2.49. The van der Waals surface area contributed by atoms with Crippen LogP contribution in [0, 0.1) is 6.92 Å². The molecule has 0 spiro atoms. The van der Waals surface area contributed by atoms with E-state index in [0.717, 1.165) is 15.9 Å². The van der Waals surface area contributed by atoms with Crippen molar-refractivity contribution in [3.05, 3.63) is 10.6 Å². The summed E-state index contributed by atoms with van der Waals surface area (Å²) in [5.74, 6) is -0.167. The molecule has 0 saturated heterocycles. The van der Waals surface area contributed by atoms with Crippen LogP contribution in [0.15, 0.2) is 0 Å². The number of anilines is 1. The van der Waals surface area contributed by atoms with Crippen molar-refractivity contribution in [3.8, 4) is 0 Å². The number of nitrogens with two attached hydrogens (primary N) is 1. The van der Waals surface area contributed by atoms with E-state index in [-0.39, 0.29) is 18.6 Å². The molecule has 0 aliphatic carbocycles. The highest BCUT2D eigenvalue weighted by molar-refractivity contribution is 7.21. The highest BCUT2D eigenvalue weighted by Gasteiger charge is 2.25. The number of hydrogen-bond acceptors (Lipinski definition) is 5. The van der Waals surface area contributed by atoms with E-state index in [1.807, 2.05) is 14.0 Å². The fourth-order valence-corrected chi connectivity index (χ4v) is 3.14. The summed E-state index contributed by atoms with van der Waals surface area (Å²) in [7, 11) is 3.50. The molecule has 2 aromatic heterocycles. The summed E-state index contributed by atoms with van der Waals surface area (Å²) in [6.07, 6.45) is 0. The summed E-state index contributed by atoms with van der Waals surface area (Å²) in [4.78, 5) is 15.3. The highest BCUT2D eigenvalue weighted by Crippen LogP contribution is 2.36. The van der Waals surface area contributed by atoms with Crippen LogP contribution in [0.25, 0.3) is 10.2 Å². The standard InChI is InChI=1S/C12H18N4O2S/c1-6(5-17)15(3)11(18)10-9(13)8-7(2)14-16(4)12(8)19-10/h6,17H,5,13H2,1-4H3. The Hall–Kier alpha value is -1.60. The van der Waals surface area contributed by atoms with Crippen LogP contribution in [0.1, 0.15) is 22.3 Å². The molecule has 1 atom stereocenters. The lowest BCUT2D eigenvalue weighted by Gasteiger charge is -2.22. The lowest BCUT2D eigenvalue weighted by molar-refractivity contribution is 0.0688. The first-order chi connectivity index (χ1) is 8.88. The van der Waals surface area contributed by atoms with Gasteiger partial charge in [-0.05, 0) is 13.8 Å². The Kier molecular flexibility index (Phi) is 3.51. The number of nitrogens with zero attached hydrogens (tertiary/aromatic N) is 3. The van der Waals surface area contributed by atoms with Gasteiger partial charge >= 0.3 is 0 Å². The molecule has 0 aliphatic heterocycles. The van der Waals surface area contributed by atoms with Crippen LogP contribution < -0.4 is 5.73 Å². The maximum absolute atomic E-state index is 12.4.